The Hall–Kier alpha value is -1.69. The smallest absolute Gasteiger partial charge is 0.138 e. The maximum atomic E-state index is 5.98. The van der Waals surface area contributed by atoms with Gasteiger partial charge in [0.25, 0.3) is 0 Å². The minimum absolute atomic E-state index is 0.158. The van der Waals surface area contributed by atoms with Crippen molar-refractivity contribution < 1.29 is 0 Å². The van der Waals surface area contributed by atoms with Crippen LogP contribution in [-0.4, -0.2) is 24.7 Å². The predicted molar refractivity (Wildman–Crippen MR) is 54.9 cm³/mol. The van der Waals surface area contributed by atoms with Crippen molar-refractivity contribution in [2.75, 3.05) is 0 Å². The molecular weight excluding hydrogens is 192 g/mol. The highest BCUT2D eigenvalue weighted by atomic mass is 15.3. The Morgan fingerprint density at radius 1 is 1.53 bits per heavy atom. The number of H-pyrrole nitrogens is 1. The molecule has 0 fully saturated rings. The summed E-state index contributed by atoms with van der Waals surface area (Å²) in [6.45, 7) is 2.83. The van der Waals surface area contributed by atoms with E-state index in [4.69, 9.17) is 5.73 Å². The summed E-state index contributed by atoms with van der Waals surface area (Å²) in [5.74, 6) is 1.67. The molecule has 0 saturated carbocycles. The lowest BCUT2D eigenvalue weighted by atomic mass is 10.2. The molecule has 15 heavy (non-hydrogen) atoms. The molecule has 0 amide bonds. The Balaban J connectivity index is 2.09. The third-order valence-electron chi connectivity index (χ3n) is 2.27. The minimum Gasteiger partial charge on any atom is -0.347 e. The van der Waals surface area contributed by atoms with Gasteiger partial charge < -0.3 is 10.7 Å². The van der Waals surface area contributed by atoms with E-state index < -0.39 is 0 Å². The number of nitrogens with two attached hydrogens (primary N) is 1. The summed E-state index contributed by atoms with van der Waals surface area (Å²) in [6, 6.07) is -0.158. The Morgan fingerprint density at radius 3 is 3.07 bits per heavy atom. The molecule has 6 heteroatoms. The van der Waals surface area contributed by atoms with Gasteiger partial charge in [-0.2, -0.15) is 5.10 Å². The zero-order valence-corrected chi connectivity index (χ0v) is 8.59. The SMILES string of the molecule is CCn1ncnc1CC(N)c1ncc[nH]1. The van der Waals surface area contributed by atoms with Gasteiger partial charge in [-0.15, -0.1) is 0 Å². The maximum absolute atomic E-state index is 5.98. The molecule has 0 aromatic carbocycles. The van der Waals surface area contributed by atoms with Crippen LogP contribution in [0, 0.1) is 0 Å². The van der Waals surface area contributed by atoms with Crippen LogP contribution >= 0.6 is 0 Å². The van der Waals surface area contributed by atoms with E-state index in [1.165, 1.54) is 0 Å². The van der Waals surface area contributed by atoms with E-state index in [9.17, 15) is 0 Å². The first-order valence-corrected chi connectivity index (χ1v) is 4.92. The van der Waals surface area contributed by atoms with Gasteiger partial charge in [0.2, 0.25) is 0 Å². The summed E-state index contributed by atoms with van der Waals surface area (Å²) < 4.78 is 1.84. The Bertz CT molecular complexity index is 404. The van der Waals surface area contributed by atoms with Crippen LogP contribution in [0.25, 0.3) is 0 Å². The largest absolute Gasteiger partial charge is 0.347 e. The van der Waals surface area contributed by atoms with Crippen LogP contribution in [0.1, 0.15) is 24.6 Å². The standard InChI is InChI=1S/C9H14N6/c1-2-15-8(13-6-14-15)5-7(10)9-11-3-4-12-9/h3-4,6-7H,2,5,10H2,1H3,(H,11,12). The van der Waals surface area contributed by atoms with Gasteiger partial charge in [-0.25, -0.2) is 9.97 Å². The fourth-order valence-electron chi connectivity index (χ4n) is 1.48. The zero-order chi connectivity index (χ0) is 10.7. The van der Waals surface area contributed by atoms with E-state index in [2.05, 4.69) is 20.1 Å². The van der Waals surface area contributed by atoms with Crippen LogP contribution in [0.15, 0.2) is 18.7 Å². The number of aryl methyl sites for hydroxylation is 1. The van der Waals surface area contributed by atoms with E-state index in [0.717, 1.165) is 18.2 Å². The minimum atomic E-state index is -0.158. The van der Waals surface area contributed by atoms with Crippen molar-refractivity contribution in [1.82, 2.24) is 24.7 Å². The lowest BCUT2D eigenvalue weighted by molar-refractivity contribution is 0.570. The number of imidazole rings is 1. The average molecular weight is 206 g/mol. The Labute approximate surface area is 87.5 Å². The molecule has 2 rings (SSSR count). The highest BCUT2D eigenvalue weighted by molar-refractivity contribution is 4.99. The summed E-state index contributed by atoms with van der Waals surface area (Å²) in [6.07, 6.45) is 5.65. The second kappa shape index (κ2) is 4.22. The molecule has 1 unspecified atom stereocenters. The molecule has 80 valence electrons. The summed E-state index contributed by atoms with van der Waals surface area (Å²) in [7, 11) is 0. The summed E-state index contributed by atoms with van der Waals surface area (Å²) in [4.78, 5) is 11.3. The second-order valence-corrected chi connectivity index (χ2v) is 3.28. The van der Waals surface area contributed by atoms with Crippen molar-refractivity contribution in [3.05, 3.63) is 30.4 Å². The molecule has 0 aliphatic rings. The highest BCUT2D eigenvalue weighted by Gasteiger charge is 2.12. The molecule has 0 aliphatic carbocycles. The molecule has 2 aromatic heterocycles. The van der Waals surface area contributed by atoms with E-state index >= 15 is 0 Å². The maximum Gasteiger partial charge on any atom is 0.138 e. The Morgan fingerprint density at radius 2 is 2.40 bits per heavy atom. The lowest BCUT2D eigenvalue weighted by Gasteiger charge is -2.08. The number of nitrogens with zero attached hydrogens (tertiary/aromatic N) is 4. The van der Waals surface area contributed by atoms with Gasteiger partial charge in [-0.05, 0) is 6.92 Å². The first-order valence-electron chi connectivity index (χ1n) is 4.92. The van der Waals surface area contributed by atoms with Crippen molar-refractivity contribution in [3.8, 4) is 0 Å². The van der Waals surface area contributed by atoms with Crippen molar-refractivity contribution in [2.24, 2.45) is 5.73 Å². The topological polar surface area (TPSA) is 85.4 Å². The number of nitrogens with one attached hydrogen (secondary N) is 1. The van der Waals surface area contributed by atoms with Crippen molar-refractivity contribution in [3.63, 3.8) is 0 Å². The van der Waals surface area contributed by atoms with Crippen molar-refractivity contribution in [2.45, 2.75) is 25.9 Å². The third kappa shape index (κ3) is 2.04. The first-order chi connectivity index (χ1) is 7.31. The highest BCUT2D eigenvalue weighted by Crippen LogP contribution is 2.09. The van der Waals surface area contributed by atoms with Crippen LogP contribution in [-0.2, 0) is 13.0 Å². The van der Waals surface area contributed by atoms with Crippen LogP contribution in [0.2, 0.25) is 0 Å². The van der Waals surface area contributed by atoms with Gasteiger partial charge in [0.1, 0.15) is 18.0 Å². The molecule has 0 radical (unpaired) electrons. The van der Waals surface area contributed by atoms with Gasteiger partial charge >= 0.3 is 0 Å². The monoisotopic (exact) mass is 206 g/mol. The van der Waals surface area contributed by atoms with Crippen LogP contribution in [0.4, 0.5) is 0 Å². The summed E-state index contributed by atoms with van der Waals surface area (Å²) >= 11 is 0. The molecule has 2 aromatic rings. The number of hydrogen-bond donors (Lipinski definition) is 2. The number of hydrogen-bond acceptors (Lipinski definition) is 4. The Kier molecular flexibility index (Phi) is 2.77. The molecule has 0 aliphatic heterocycles. The number of aromatic amines is 1. The normalized spacial score (nSPS) is 12.9. The van der Waals surface area contributed by atoms with Gasteiger partial charge in [-0.3, -0.25) is 4.68 Å². The van der Waals surface area contributed by atoms with Gasteiger partial charge in [0, 0.05) is 25.4 Å². The van der Waals surface area contributed by atoms with Gasteiger partial charge in [-0.1, -0.05) is 0 Å². The van der Waals surface area contributed by atoms with Gasteiger partial charge in [0.05, 0.1) is 6.04 Å². The van der Waals surface area contributed by atoms with Crippen LogP contribution in [0.3, 0.4) is 0 Å². The van der Waals surface area contributed by atoms with Crippen LogP contribution in [0.5, 0.6) is 0 Å². The summed E-state index contributed by atoms with van der Waals surface area (Å²) in [5.41, 5.74) is 5.98. The van der Waals surface area contributed by atoms with Crippen molar-refractivity contribution in [1.29, 1.82) is 0 Å². The van der Waals surface area contributed by atoms with E-state index in [-0.39, 0.29) is 6.04 Å². The molecule has 0 saturated heterocycles. The molecule has 6 nitrogen and oxygen atoms in total. The van der Waals surface area contributed by atoms with Crippen LogP contribution < -0.4 is 5.73 Å². The lowest BCUT2D eigenvalue weighted by Crippen LogP contribution is -2.18. The van der Waals surface area contributed by atoms with E-state index in [1.54, 1.807) is 18.7 Å². The molecule has 3 N–H and O–H groups in total. The summed E-state index contributed by atoms with van der Waals surface area (Å²) in [5, 5.41) is 4.09. The molecule has 2 heterocycles. The average Bonchev–Trinajstić information content (AvgIpc) is 2.87. The predicted octanol–water partition coefficient (Wildman–Crippen LogP) is 0.264. The second-order valence-electron chi connectivity index (χ2n) is 3.28. The molecule has 0 bridgehead atoms. The number of aromatic nitrogens is 5. The zero-order valence-electron chi connectivity index (χ0n) is 8.59. The molecule has 0 spiro atoms. The van der Waals surface area contributed by atoms with E-state index in [0.29, 0.717) is 6.42 Å². The van der Waals surface area contributed by atoms with E-state index in [1.807, 2.05) is 11.6 Å². The molecule has 1 atom stereocenters. The fraction of sp³-hybridized carbons (Fsp3) is 0.444. The van der Waals surface area contributed by atoms with Gasteiger partial charge in [0.15, 0.2) is 0 Å². The van der Waals surface area contributed by atoms with Crippen molar-refractivity contribution >= 4 is 0 Å². The molecular formula is C9H14N6. The third-order valence-corrected chi connectivity index (χ3v) is 2.27. The first kappa shape index (κ1) is 9.85. The quantitative estimate of drug-likeness (QED) is 0.751. The number of rotatable bonds is 4. The fourth-order valence-corrected chi connectivity index (χ4v) is 1.48.